The highest BCUT2D eigenvalue weighted by molar-refractivity contribution is 6.09. The Morgan fingerprint density at radius 1 is 1.08 bits per heavy atom. The SMILES string of the molecule is O=C(CC(=O)N1CCCc2ccccc21)Nc1ccc(F)c(F)c1. The summed E-state index contributed by atoms with van der Waals surface area (Å²) in [6.45, 7) is 0.564. The largest absolute Gasteiger partial charge is 0.326 e. The van der Waals surface area contributed by atoms with Crippen LogP contribution in [0.3, 0.4) is 0 Å². The second-order valence-corrected chi connectivity index (χ2v) is 5.63. The molecule has 0 saturated carbocycles. The number of halogens is 2. The summed E-state index contributed by atoms with van der Waals surface area (Å²) in [6, 6.07) is 10.7. The van der Waals surface area contributed by atoms with Crippen molar-refractivity contribution < 1.29 is 18.4 Å². The minimum Gasteiger partial charge on any atom is -0.326 e. The molecule has 1 heterocycles. The van der Waals surface area contributed by atoms with Gasteiger partial charge in [-0.1, -0.05) is 18.2 Å². The van der Waals surface area contributed by atoms with Gasteiger partial charge in [0.15, 0.2) is 11.6 Å². The number of anilines is 2. The lowest BCUT2D eigenvalue weighted by atomic mass is 10.0. The molecule has 0 radical (unpaired) electrons. The van der Waals surface area contributed by atoms with Gasteiger partial charge in [-0.15, -0.1) is 0 Å². The summed E-state index contributed by atoms with van der Waals surface area (Å²) in [6.07, 6.45) is 1.39. The van der Waals surface area contributed by atoms with Crippen LogP contribution in [0.1, 0.15) is 18.4 Å². The number of para-hydroxylation sites is 1. The quantitative estimate of drug-likeness (QED) is 0.878. The topological polar surface area (TPSA) is 49.4 Å². The number of carbonyl (C=O) groups is 2. The summed E-state index contributed by atoms with van der Waals surface area (Å²) in [4.78, 5) is 26.0. The van der Waals surface area contributed by atoms with Crippen molar-refractivity contribution in [3.8, 4) is 0 Å². The summed E-state index contributed by atoms with van der Waals surface area (Å²) >= 11 is 0. The van der Waals surface area contributed by atoms with E-state index in [1.54, 1.807) is 4.90 Å². The van der Waals surface area contributed by atoms with Gasteiger partial charge < -0.3 is 10.2 Å². The van der Waals surface area contributed by atoms with Gasteiger partial charge in [0.25, 0.3) is 0 Å². The predicted octanol–water partition coefficient (Wildman–Crippen LogP) is 3.27. The third kappa shape index (κ3) is 3.42. The van der Waals surface area contributed by atoms with Crippen molar-refractivity contribution in [1.82, 2.24) is 0 Å². The van der Waals surface area contributed by atoms with Crippen molar-refractivity contribution in [1.29, 1.82) is 0 Å². The molecule has 2 amide bonds. The first kappa shape index (κ1) is 16.1. The Kier molecular flexibility index (Phi) is 4.55. The highest BCUT2D eigenvalue weighted by atomic mass is 19.2. The number of benzene rings is 2. The van der Waals surface area contributed by atoms with Crippen molar-refractivity contribution in [2.75, 3.05) is 16.8 Å². The molecule has 6 heteroatoms. The van der Waals surface area contributed by atoms with Gasteiger partial charge in [0.05, 0.1) is 0 Å². The summed E-state index contributed by atoms with van der Waals surface area (Å²) < 4.78 is 26.0. The zero-order valence-electron chi connectivity index (χ0n) is 12.9. The molecule has 0 fully saturated rings. The van der Waals surface area contributed by atoms with Crippen LogP contribution in [0.5, 0.6) is 0 Å². The molecule has 1 N–H and O–H groups in total. The number of amides is 2. The van der Waals surface area contributed by atoms with Crippen LogP contribution in [0.15, 0.2) is 42.5 Å². The molecular weight excluding hydrogens is 314 g/mol. The van der Waals surface area contributed by atoms with Crippen LogP contribution in [0, 0.1) is 11.6 Å². The van der Waals surface area contributed by atoms with E-state index in [4.69, 9.17) is 0 Å². The molecule has 0 unspecified atom stereocenters. The van der Waals surface area contributed by atoms with Crippen molar-refractivity contribution in [3.63, 3.8) is 0 Å². The molecule has 3 rings (SSSR count). The Balaban J connectivity index is 1.67. The Morgan fingerprint density at radius 3 is 2.67 bits per heavy atom. The number of nitrogens with zero attached hydrogens (tertiary/aromatic N) is 1. The fraction of sp³-hybridized carbons (Fsp3) is 0.222. The predicted molar refractivity (Wildman–Crippen MR) is 86.7 cm³/mol. The molecule has 1 aliphatic heterocycles. The molecule has 0 saturated heterocycles. The van der Waals surface area contributed by atoms with Crippen LogP contribution in [0.25, 0.3) is 0 Å². The van der Waals surface area contributed by atoms with Crippen LogP contribution in [-0.2, 0) is 16.0 Å². The average molecular weight is 330 g/mol. The van der Waals surface area contributed by atoms with Gasteiger partial charge in [0, 0.05) is 24.0 Å². The Morgan fingerprint density at radius 2 is 1.88 bits per heavy atom. The molecule has 0 aliphatic carbocycles. The van der Waals surface area contributed by atoms with Crippen LogP contribution in [0.2, 0.25) is 0 Å². The number of nitrogens with one attached hydrogen (secondary N) is 1. The molecule has 0 aromatic heterocycles. The zero-order chi connectivity index (χ0) is 17.1. The van der Waals surface area contributed by atoms with Gasteiger partial charge in [-0.2, -0.15) is 0 Å². The first-order chi connectivity index (χ1) is 11.5. The Labute approximate surface area is 138 Å². The molecule has 0 atom stereocenters. The van der Waals surface area contributed by atoms with E-state index >= 15 is 0 Å². The molecule has 0 spiro atoms. The first-order valence-corrected chi connectivity index (χ1v) is 7.68. The zero-order valence-corrected chi connectivity index (χ0v) is 12.9. The summed E-state index contributed by atoms with van der Waals surface area (Å²) in [5.41, 5.74) is 2.03. The second-order valence-electron chi connectivity index (χ2n) is 5.63. The van der Waals surface area contributed by atoms with E-state index in [2.05, 4.69) is 5.32 Å². The number of aryl methyl sites for hydroxylation is 1. The molecular formula is C18H16F2N2O2. The van der Waals surface area contributed by atoms with E-state index in [9.17, 15) is 18.4 Å². The molecule has 2 aromatic rings. The molecule has 4 nitrogen and oxygen atoms in total. The first-order valence-electron chi connectivity index (χ1n) is 7.68. The van der Waals surface area contributed by atoms with Gasteiger partial charge in [-0.3, -0.25) is 9.59 Å². The van der Waals surface area contributed by atoms with Crippen LogP contribution < -0.4 is 10.2 Å². The van der Waals surface area contributed by atoms with Gasteiger partial charge in [-0.05, 0) is 36.6 Å². The highest BCUT2D eigenvalue weighted by Crippen LogP contribution is 2.27. The number of hydrogen-bond acceptors (Lipinski definition) is 2. The third-order valence-corrected chi connectivity index (χ3v) is 3.93. The molecule has 1 aliphatic rings. The van der Waals surface area contributed by atoms with Crippen molar-refractivity contribution in [2.24, 2.45) is 0 Å². The maximum Gasteiger partial charge on any atom is 0.236 e. The normalized spacial score (nSPS) is 13.3. The molecule has 0 bridgehead atoms. The fourth-order valence-corrected chi connectivity index (χ4v) is 2.80. The lowest BCUT2D eigenvalue weighted by molar-refractivity contribution is -0.125. The molecule has 124 valence electrons. The lowest BCUT2D eigenvalue weighted by Crippen LogP contribution is -2.37. The molecule has 24 heavy (non-hydrogen) atoms. The smallest absolute Gasteiger partial charge is 0.236 e. The van der Waals surface area contributed by atoms with E-state index < -0.39 is 17.5 Å². The maximum atomic E-state index is 13.1. The standard InChI is InChI=1S/C18H16F2N2O2/c19-14-8-7-13(10-15(14)20)21-17(23)11-18(24)22-9-3-5-12-4-1-2-6-16(12)22/h1-2,4,6-8,10H,3,5,9,11H2,(H,21,23). The van der Waals surface area contributed by atoms with Crippen LogP contribution >= 0.6 is 0 Å². The third-order valence-electron chi connectivity index (χ3n) is 3.93. The van der Waals surface area contributed by atoms with E-state index in [1.807, 2.05) is 24.3 Å². The van der Waals surface area contributed by atoms with E-state index in [0.717, 1.165) is 36.2 Å². The summed E-state index contributed by atoms with van der Waals surface area (Å²) in [7, 11) is 0. The van der Waals surface area contributed by atoms with Crippen molar-refractivity contribution in [3.05, 3.63) is 59.7 Å². The van der Waals surface area contributed by atoms with Gasteiger partial charge in [0.2, 0.25) is 11.8 Å². The average Bonchev–Trinajstić information content (AvgIpc) is 2.57. The summed E-state index contributed by atoms with van der Waals surface area (Å²) in [5.74, 6) is -2.92. The number of hydrogen-bond donors (Lipinski definition) is 1. The van der Waals surface area contributed by atoms with Gasteiger partial charge in [-0.25, -0.2) is 8.78 Å². The van der Waals surface area contributed by atoms with Gasteiger partial charge >= 0.3 is 0 Å². The van der Waals surface area contributed by atoms with E-state index in [1.165, 1.54) is 6.07 Å². The lowest BCUT2D eigenvalue weighted by Gasteiger charge is -2.29. The molecule has 2 aromatic carbocycles. The monoisotopic (exact) mass is 330 g/mol. The Hall–Kier alpha value is -2.76. The highest BCUT2D eigenvalue weighted by Gasteiger charge is 2.23. The number of rotatable bonds is 3. The summed E-state index contributed by atoms with van der Waals surface area (Å²) in [5, 5.41) is 2.41. The fourth-order valence-electron chi connectivity index (χ4n) is 2.80. The van der Waals surface area contributed by atoms with Gasteiger partial charge in [0.1, 0.15) is 6.42 Å². The van der Waals surface area contributed by atoms with Crippen LogP contribution in [0.4, 0.5) is 20.2 Å². The van der Waals surface area contributed by atoms with E-state index in [-0.39, 0.29) is 18.0 Å². The maximum absolute atomic E-state index is 13.1. The number of fused-ring (bicyclic) bond motifs is 1. The van der Waals surface area contributed by atoms with Crippen molar-refractivity contribution in [2.45, 2.75) is 19.3 Å². The minimum atomic E-state index is -1.05. The van der Waals surface area contributed by atoms with E-state index in [0.29, 0.717) is 6.54 Å². The van der Waals surface area contributed by atoms with Crippen molar-refractivity contribution >= 4 is 23.2 Å². The minimum absolute atomic E-state index is 0.116. The van der Waals surface area contributed by atoms with Crippen LogP contribution in [-0.4, -0.2) is 18.4 Å². The Bertz CT molecular complexity index is 792. The second kappa shape index (κ2) is 6.78. The number of carbonyl (C=O) groups excluding carboxylic acids is 2.